The summed E-state index contributed by atoms with van der Waals surface area (Å²) in [4.78, 5) is 0. The summed E-state index contributed by atoms with van der Waals surface area (Å²) in [5, 5.41) is 15.1. The minimum Gasteiger partial charge on any atom is -0.378 e. The third-order valence-corrected chi connectivity index (χ3v) is 2.82. The molecular formula is C14H19F3N2O. The SMILES string of the molecule is CC/C(=C\CC(O)NC)Nc1ccc(C(F)(F)F)cc1. The van der Waals surface area contributed by atoms with Crippen LogP contribution >= 0.6 is 0 Å². The lowest BCUT2D eigenvalue weighted by Crippen LogP contribution is -2.23. The van der Waals surface area contributed by atoms with Gasteiger partial charge in [-0.15, -0.1) is 0 Å². The van der Waals surface area contributed by atoms with Crippen molar-refractivity contribution < 1.29 is 18.3 Å². The largest absolute Gasteiger partial charge is 0.416 e. The maximum atomic E-state index is 12.4. The van der Waals surface area contributed by atoms with E-state index in [4.69, 9.17) is 0 Å². The van der Waals surface area contributed by atoms with Gasteiger partial charge in [0, 0.05) is 17.8 Å². The lowest BCUT2D eigenvalue weighted by molar-refractivity contribution is -0.137. The Kier molecular flexibility index (Phi) is 6.04. The highest BCUT2D eigenvalue weighted by Crippen LogP contribution is 2.30. The number of aliphatic hydroxyl groups excluding tert-OH is 1. The van der Waals surface area contributed by atoms with Gasteiger partial charge in [0.25, 0.3) is 0 Å². The molecule has 0 aliphatic rings. The van der Waals surface area contributed by atoms with Gasteiger partial charge in [-0.05, 0) is 37.7 Å². The van der Waals surface area contributed by atoms with Gasteiger partial charge in [0.1, 0.15) is 6.23 Å². The number of hydrogen-bond acceptors (Lipinski definition) is 3. The summed E-state index contributed by atoms with van der Waals surface area (Å²) in [6.45, 7) is 1.93. The predicted molar refractivity (Wildman–Crippen MR) is 73.1 cm³/mol. The van der Waals surface area contributed by atoms with E-state index in [-0.39, 0.29) is 0 Å². The summed E-state index contributed by atoms with van der Waals surface area (Å²) >= 11 is 0. The second-order valence-corrected chi connectivity index (χ2v) is 4.32. The van der Waals surface area contributed by atoms with Gasteiger partial charge in [0.2, 0.25) is 0 Å². The first-order valence-electron chi connectivity index (χ1n) is 6.35. The highest BCUT2D eigenvalue weighted by molar-refractivity contribution is 5.49. The fourth-order valence-electron chi connectivity index (χ4n) is 1.58. The molecule has 1 aromatic rings. The monoisotopic (exact) mass is 288 g/mol. The molecule has 1 aromatic carbocycles. The summed E-state index contributed by atoms with van der Waals surface area (Å²) in [7, 11) is 1.65. The number of benzene rings is 1. The number of rotatable bonds is 6. The maximum absolute atomic E-state index is 12.4. The zero-order valence-corrected chi connectivity index (χ0v) is 11.5. The molecule has 0 bridgehead atoms. The smallest absolute Gasteiger partial charge is 0.378 e. The molecule has 0 heterocycles. The Morgan fingerprint density at radius 3 is 2.35 bits per heavy atom. The molecule has 3 nitrogen and oxygen atoms in total. The Morgan fingerprint density at radius 2 is 1.90 bits per heavy atom. The van der Waals surface area contributed by atoms with Crippen molar-refractivity contribution in [1.82, 2.24) is 5.32 Å². The number of hydrogen-bond donors (Lipinski definition) is 3. The van der Waals surface area contributed by atoms with E-state index in [1.54, 1.807) is 7.05 Å². The molecule has 6 heteroatoms. The summed E-state index contributed by atoms with van der Waals surface area (Å²) in [5.74, 6) is 0. The molecule has 1 rings (SSSR count). The number of aliphatic hydroxyl groups is 1. The minimum atomic E-state index is -4.32. The topological polar surface area (TPSA) is 44.3 Å². The predicted octanol–water partition coefficient (Wildman–Crippen LogP) is 3.34. The molecule has 112 valence electrons. The van der Waals surface area contributed by atoms with Gasteiger partial charge < -0.3 is 10.4 Å². The van der Waals surface area contributed by atoms with Crippen LogP contribution in [0, 0.1) is 0 Å². The summed E-state index contributed by atoms with van der Waals surface area (Å²) in [6, 6.07) is 4.86. The Balaban J connectivity index is 2.71. The highest BCUT2D eigenvalue weighted by atomic mass is 19.4. The average Bonchev–Trinajstić information content (AvgIpc) is 2.42. The number of allylic oxidation sites excluding steroid dienone is 1. The van der Waals surface area contributed by atoms with Crippen molar-refractivity contribution >= 4 is 5.69 Å². The molecule has 0 radical (unpaired) electrons. The van der Waals surface area contributed by atoms with E-state index in [1.807, 2.05) is 13.0 Å². The van der Waals surface area contributed by atoms with Gasteiger partial charge in [0.05, 0.1) is 5.56 Å². The number of halogens is 3. The van der Waals surface area contributed by atoms with Crippen molar-refractivity contribution in [2.45, 2.75) is 32.2 Å². The molecule has 0 aromatic heterocycles. The van der Waals surface area contributed by atoms with Gasteiger partial charge in [-0.2, -0.15) is 13.2 Å². The highest BCUT2D eigenvalue weighted by Gasteiger charge is 2.29. The van der Waals surface area contributed by atoms with E-state index in [0.29, 0.717) is 18.5 Å². The van der Waals surface area contributed by atoms with Crippen molar-refractivity contribution in [1.29, 1.82) is 0 Å². The van der Waals surface area contributed by atoms with Crippen molar-refractivity contribution in [2.75, 3.05) is 12.4 Å². The van der Waals surface area contributed by atoms with Crippen molar-refractivity contribution in [2.24, 2.45) is 0 Å². The van der Waals surface area contributed by atoms with Crippen LogP contribution in [0.2, 0.25) is 0 Å². The fraction of sp³-hybridized carbons (Fsp3) is 0.429. The molecule has 0 spiro atoms. The standard InChI is InChI=1S/C14H19F3N2O/c1-3-11(8-9-13(20)18-2)19-12-6-4-10(5-7-12)14(15,16)17/h4-8,13,18-20H,3,9H2,1-2H3/b11-8+. The molecule has 0 saturated heterocycles. The van der Waals surface area contributed by atoms with Crippen LogP contribution in [0.5, 0.6) is 0 Å². The van der Waals surface area contributed by atoms with Crippen LogP contribution < -0.4 is 10.6 Å². The van der Waals surface area contributed by atoms with E-state index in [1.165, 1.54) is 12.1 Å². The van der Waals surface area contributed by atoms with Crippen LogP contribution in [-0.2, 0) is 6.18 Å². The van der Waals surface area contributed by atoms with Crippen molar-refractivity contribution in [3.05, 3.63) is 41.6 Å². The van der Waals surface area contributed by atoms with Crippen molar-refractivity contribution in [3.8, 4) is 0 Å². The Hall–Kier alpha value is -1.53. The molecule has 0 amide bonds. The molecule has 0 aliphatic heterocycles. The minimum absolute atomic E-state index is 0.424. The first-order valence-corrected chi connectivity index (χ1v) is 6.35. The first kappa shape index (κ1) is 16.5. The molecule has 1 unspecified atom stereocenters. The number of nitrogens with one attached hydrogen (secondary N) is 2. The van der Waals surface area contributed by atoms with Gasteiger partial charge >= 0.3 is 6.18 Å². The van der Waals surface area contributed by atoms with E-state index < -0.39 is 18.0 Å². The van der Waals surface area contributed by atoms with E-state index in [9.17, 15) is 18.3 Å². The number of alkyl halides is 3. The van der Waals surface area contributed by atoms with E-state index in [0.717, 1.165) is 17.8 Å². The van der Waals surface area contributed by atoms with Gasteiger partial charge in [0.15, 0.2) is 0 Å². The lowest BCUT2D eigenvalue weighted by Gasteiger charge is -2.12. The van der Waals surface area contributed by atoms with Gasteiger partial charge in [-0.25, -0.2) is 0 Å². The second-order valence-electron chi connectivity index (χ2n) is 4.32. The normalized spacial score (nSPS) is 14.2. The van der Waals surface area contributed by atoms with E-state index in [2.05, 4.69) is 10.6 Å². The molecule has 0 saturated carbocycles. The maximum Gasteiger partial charge on any atom is 0.416 e. The van der Waals surface area contributed by atoms with Crippen LogP contribution in [0.3, 0.4) is 0 Å². The van der Waals surface area contributed by atoms with Crippen LogP contribution in [-0.4, -0.2) is 18.4 Å². The lowest BCUT2D eigenvalue weighted by atomic mass is 10.2. The van der Waals surface area contributed by atoms with Crippen LogP contribution in [0.1, 0.15) is 25.3 Å². The third-order valence-electron chi connectivity index (χ3n) is 2.82. The first-order chi connectivity index (χ1) is 9.36. The van der Waals surface area contributed by atoms with Crippen LogP contribution in [0.4, 0.5) is 18.9 Å². The average molecular weight is 288 g/mol. The summed E-state index contributed by atoms with van der Waals surface area (Å²) in [6.07, 6.45) is -2.02. The fourth-order valence-corrected chi connectivity index (χ4v) is 1.58. The summed E-state index contributed by atoms with van der Waals surface area (Å²) < 4.78 is 37.3. The molecule has 0 fully saturated rings. The molecular weight excluding hydrogens is 269 g/mol. The zero-order chi connectivity index (χ0) is 15.2. The van der Waals surface area contributed by atoms with E-state index >= 15 is 0 Å². The quantitative estimate of drug-likeness (QED) is 0.703. The van der Waals surface area contributed by atoms with Crippen LogP contribution in [0.15, 0.2) is 36.0 Å². The second kappa shape index (κ2) is 7.31. The van der Waals surface area contributed by atoms with Gasteiger partial charge in [-0.3, -0.25) is 5.32 Å². The molecule has 1 atom stereocenters. The molecule has 20 heavy (non-hydrogen) atoms. The molecule has 3 N–H and O–H groups in total. The van der Waals surface area contributed by atoms with Crippen LogP contribution in [0.25, 0.3) is 0 Å². The van der Waals surface area contributed by atoms with Crippen molar-refractivity contribution in [3.63, 3.8) is 0 Å². The Labute approximate surface area is 116 Å². The Bertz CT molecular complexity index is 441. The Morgan fingerprint density at radius 1 is 1.30 bits per heavy atom. The zero-order valence-electron chi connectivity index (χ0n) is 11.5. The third kappa shape index (κ3) is 5.22. The summed E-state index contributed by atoms with van der Waals surface area (Å²) in [5.41, 5.74) is 0.764. The molecule has 0 aliphatic carbocycles. The number of anilines is 1. The van der Waals surface area contributed by atoms with Gasteiger partial charge in [-0.1, -0.05) is 13.0 Å².